The van der Waals surface area contributed by atoms with E-state index in [1.807, 2.05) is 0 Å². The van der Waals surface area contributed by atoms with Crippen molar-refractivity contribution in [3.63, 3.8) is 0 Å². The average molecular weight is 166 g/mol. The molecule has 0 radical (unpaired) electrons. The van der Waals surface area contributed by atoms with Crippen molar-refractivity contribution in [1.82, 2.24) is 9.88 Å². The molecule has 0 aromatic carbocycles. The van der Waals surface area contributed by atoms with Crippen molar-refractivity contribution in [2.45, 2.75) is 26.3 Å². The van der Waals surface area contributed by atoms with Crippen LogP contribution in [0.1, 0.15) is 31.9 Å². The molecule has 68 valence electrons. The molecule has 1 atom stereocenters. The van der Waals surface area contributed by atoms with Gasteiger partial charge in [-0.2, -0.15) is 0 Å². The summed E-state index contributed by atoms with van der Waals surface area (Å²) in [6.45, 7) is 5.48. The fourth-order valence-corrected chi connectivity index (χ4v) is 1.26. The van der Waals surface area contributed by atoms with Crippen LogP contribution in [-0.4, -0.2) is 11.1 Å². The molecular weight excluding hydrogens is 148 g/mol. The smallest absolute Gasteiger partial charge is 0.0306 e. The van der Waals surface area contributed by atoms with Crippen molar-refractivity contribution in [2.24, 2.45) is 7.05 Å². The summed E-state index contributed by atoms with van der Waals surface area (Å²) < 4.78 is 2.08. The Morgan fingerprint density at radius 2 is 2.33 bits per heavy atom. The van der Waals surface area contributed by atoms with Crippen LogP contribution in [0, 0.1) is 0 Å². The van der Waals surface area contributed by atoms with Crippen LogP contribution in [0.5, 0.6) is 0 Å². The van der Waals surface area contributed by atoms with Gasteiger partial charge in [0.2, 0.25) is 0 Å². The first kappa shape index (κ1) is 9.33. The molecular formula is C10H18N2. The third-order valence-corrected chi connectivity index (χ3v) is 2.06. The van der Waals surface area contributed by atoms with Crippen LogP contribution in [0.15, 0.2) is 18.5 Å². The number of hydrogen-bond donors (Lipinski definition) is 1. The zero-order valence-electron chi connectivity index (χ0n) is 8.17. The molecule has 1 rings (SSSR count). The van der Waals surface area contributed by atoms with Gasteiger partial charge in [0.1, 0.15) is 0 Å². The minimum Gasteiger partial charge on any atom is -0.357 e. The predicted octanol–water partition coefficient (Wildman–Crippen LogP) is 2.09. The van der Waals surface area contributed by atoms with Crippen molar-refractivity contribution >= 4 is 0 Å². The lowest BCUT2D eigenvalue weighted by Crippen LogP contribution is -2.18. The summed E-state index contributed by atoms with van der Waals surface area (Å²) in [5.74, 6) is 0. The van der Waals surface area contributed by atoms with Gasteiger partial charge in [0, 0.05) is 25.5 Å². The molecule has 0 aliphatic heterocycles. The SMILES string of the molecule is CCCN[C@H](C)c1ccn(C)c1. The molecule has 0 aliphatic rings. The Morgan fingerprint density at radius 3 is 2.83 bits per heavy atom. The van der Waals surface area contributed by atoms with E-state index in [9.17, 15) is 0 Å². The highest BCUT2D eigenvalue weighted by molar-refractivity contribution is 5.14. The third-order valence-electron chi connectivity index (χ3n) is 2.06. The number of nitrogens with zero attached hydrogens (tertiary/aromatic N) is 1. The minimum absolute atomic E-state index is 0.478. The van der Waals surface area contributed by atoms with Gasteiger partial charge in [0.05, 0.1) is 0 Å². The van der Waals surface area contributed by atoms with Crippen LogP contribution in [0.2, 0.25) is 0 Å². The molecule has 0 bridgehead atoms. The number of aryl methyl sites for hydroxylation is 1. The third kappa shape index (κ3) is 2.38. The molecule has 2 nitrogen and oxygen atoms in total. The van der Waals surface area contributed by atoms with Crippen molar-refractivity contribution in [1.29, 1.82) is 0 Å². The summed E-state index contributed by atoms with van der Waals surface area (Å²) in [4.78, 5) is 0. The van der Waals surface area contributed by atoms with Crippen molar-refractivity contribution in [2.75, 3.05) is 6.54 Å². The van der Waals surface area contributed by atoms with Gasteiger partial charge in [0.15, 0.2) is 0 Å². The van der Waals surface area contributed by atoms with Gasteiger partial charge in [-0.15, -0.1) is 0 Å². The highest BCUT2D eigenvalue weighted by atomic mass is 14.9. The highest BCUT2D eigenvalue weighted by Gasteiger charge is 2.03. The van der Waals surface area contributed by atoms with Crippen molar-refractivity contribution < 1.29 is 0 Å². The van der Waals surface area contributed by atoms with Gasteiger partial charge in [-0.05, 0) is 31.5 Å². The van der Waals surface area contributed by atoms with Gasteiger partial charge in [-0.25, -0.2) is 0 Å². The Balaban J connectivity index is 2.47. The molecule has 2 heteroatoms. The van der Waals surface area contributed by atoms with E-state index in [4.69, 9.17) is 0 Å². The van der Waals surface area contributed by atoms with Gasteiger partial charge >= 0.3 is 0 Å². The fraction of sp³-hybridized carbons (Fsp3) is 0.600. The van der Waals surface area contributed by atoms with Gasteiger partial charge in [-0.1, -0.05) is 6.92 Å². The summed E-state index contributed by atoms with van der Waals surface area (Å²) >= 11 is 0. The molecule has 12 heavy (non-hydrogen) atoms. The van der Waals surface area contributed by atoms with E-state index in [1.54, 1.807) is 0 Å². The van der Waals surface area contributed by atoms with E-state index in [0.29, 0.717) is 6.04 Å². The number of nitrogens with one attached hydrogen (secondary N) is 1. The molecule has 0 saturated heterocycles. The monoisotopic (exact) mass is 166 g/mol. The standard InChI is InChI=1S/C10H18N2/c1-4-6-11-9(2)10-5-7-12(3)8-10/h5,7-9,11H,4,6H2,1-3H3/t9-/m1/s1. The van der Waals surface area contributed by atoms with E-state index in [-0.39, 0.29) is 0 Å². The second-order valence-electron chi connectivity index (χ2n) is 3.29. The van der Waals surface area contributed by atoms with E-state index < -0.39 is 0 Å². The molecule has 0 fully saturated rings. The fourth-order valence-electron chi connectivity index (χ4n) is 1.26. The molecule has 0 saturated carbocycles. The largest absolute Gasteiger partial charge is 0.357 e. The molecule has 1 aromatic rings. The van der Waals surface area contributed by atoms with E-state index in [0.717, 1.165) is 6.54 Å². The normalized spacial score (nSPS) is 13.2. The lowest BCUT2D eigenvalue weighted by molar-refractivity contribution is 0.570. The highest BCUT2D eigenvalue weighted by Crippen LogP contribution is 2.11. The second-order valence-corrected chi connectivity index (χ2v) is 3.29. The molecule has 0 unspecified atom stereocenters. The van der Waals surface area contributed by atoms with Crippen LogP contribution in [-0.2, 0) is 7.05 Å². The molecule has 1 aromatic heterocycles. The quantitative estimate of drug-likeness (QED) is 0.724. The Hall–Kier alpha value is -0.760. The van der Waals surface area contributed by atoms with E-state index >= 15 is 0 Å². The van der Waals surface area contributed by atoms with Gasteiger partial charge in [-0.3, -0.25) is 0 Å². The molecule has 0 amide bonds. The summed E-state index contributed by atoms with van der Waals surface area (Å²) in [5, 5.41) is 3.45. The first-order chi connectivity index (χ1) is 5.74. The lowest BCUT2D eigenvalue weighted by Gasteiger charge is -2.10. The first-order valence-corrected chi connectivity index (χ1v) is 4.59. The number of hydrogen-bond acceptors (Lipinski definition) is 1. The van der Waals surface area contributed by atoms with Crippen LogP contribution >= 0.6 is 0 Å². The molecule has 0 aliphatic carbocycles. The zero-order chi connectivity index (χ0) is 8.97. The Kier molecular flexibility index (Phi) is 3.35. The maximum Gasteiger partial charge on any atom is 0.0306 e. The van der Waals surface area contributed by atoms with Crippen LogP contribution in [0.25, 0.3) is 0 Å². The average Bonchev–Trinajstić information content (AvgIpc) is 2.47. The number of aromatic nitrogens is 1. The maximum absolute atomic E-state index is 3.45. The molecule has 1 heterocycles. The summed E-state index contributed by atoms with van der Waals surface area (Å²) in [6.07, 6.45) is 5.43. The number of rotatable bonds is 4. The van der Waals surface area contributed by atoms with Gasteiger partial charge in [0.25, 0.3) is 0 Å². The van der Waals surface area contributed by atoms with Gasteiger partial charge < -0.3 is 9.88 Å². The topological polar surface area (TPSA) is 17.0 Å². The minimum atomic E-state index is 0.478. The van der Waals surface area contributed by atoms with Crippen LogP contribution < -0.4 is 5.32 Å². The molecule has 1 N–H and O–H groups in total. The second kappa shape index (κ2) is 4.31. The van der Waals surface area contributed by atoms with Crippen molar-refractivity contribution in [3.8, 4) is 0 Å². The maximum atomic E-state index is 3.45. The first-order valence-electron chi connectivity index (χ1n) is 4.59. The van der Waals surface area contributed by atoms with Crippen LogP contribution in [0.4, 0.5) is 0 Å². The lowest BCUT2D eigenvalue weighted by atomic mass is 10.2. The Labute approximate surface area is 74.6 Å². The van der Waals surface area contributed by atoms with E-state index in [1.165, 1.54) is 12.0 Å². The van der Waals surface area contributed by atoms with E-state index in [2.05, 4.69) is 49.2 Å². The Morgan fingerprint density at radius 1 is 1.58 bits per heavy atom. The van der Waals surface area contributed by atoms with Crippen LogP contribution in [0.3, 0.4) is 0 Å². The predicted molar refractivity (Wildman–Crippen MR) is 52.1 cm³/mol. The Bertz CT molecular complexity index is 227. The summed E-state index contributed by atoms with van der Waals surface area (Å²) in [7, 11) is 2.05. The summed E-state index contributed by atoms with van der Waals surface area (Å²) in [5.41, 5.74) is 1.37. The molecule has 0 spiro atoms. The van der Waals surface area contributed by atoms with Crippen molar-refractivity contribution in [3.05, 3.63) is 24.0 Å². The zero-order valence-corrected chi connectivity index (χ0v) is 8.17. The summed E-state index contributed by atoms with van der Waals surface area (Å²) in [6, 6.07) is 2.64.